The normalized spacial score (nSPS) is 19.1. The quantitative estimate of drug-likeness (QED) is 0.682. The zero-order valence-corrected chi connectivity index (χ0v) is 14.8. The lowest BCUT2D eigenvalue weighted by Crippen LogP contribution is -2.44. The van der Waals surface area contributed by atoms with Crippen LogP contribution in [0.2, 0.25) is 0 Å². The average Bonchev–Trinajstić information content (AvgIpc) is 3.11. The molecule has 0 bridgehead atoms. The van der Waals surface area contributed by atoms with E-state index >= 15 is 0 Å². The first kappa shape index (κ1) is 16.3. The van der Waals surface area contributed by atoms with Gasteiger partial charge in [-0.2, -0.15) is 13.1 Å². The van der Waals surface area contributed by atoms with Gasteiger partial charge in [-0.05, 0) is 31.0 Å². The summed E-state index contributed by atoms with van der Waals surface area (Å²) >= 11 is 1.01. The highest BCUT2D eigenvalue weighted by molar-refractivity contribution is 7.89. The summed E-state index contributed by atoms with van der Waals surface area (Å²) in [6, 6.07) is 6.98. The molecular weight excluding hydrogens is 362 g/mol. The van der Waals surface area contributed by atoms with E-state index in [1.54, 1.807) is 36.7 Å². The van der Waals surface area contributed by atoms with Gasteiger partial charge in [0.2, 0.25) is 10.0 Å². The minimum absolute atomic E-state index is 0.190. The number of benzene rings is 1. The van der Waals surface area contributed by atoms with Crippen molar-refractivity contribution in [3.05, 3.63) is 36.7 Å². The minimum atomic E-state index is -3.67. The molecule has 3 aromatic rings. The van der Waals surface area contributed by atoms with Crippen molar-refractivity contribution in [2.75, 3.05) is 13.1 Å². The van der Waals surface area contributed by atoms with Gasteiger partial charge in [0.25, 0.3) is 0 Å². The number of sulfonamides is 1. The molecule has 10 heteroatoms. The van der Waals surface area contributed by atoms with E-state index in [1.165, 1.54) is 4.31 Å². The Hall–Kier alpha value is -2.17. The van der Waals surface area contributed by atoms with E-state index in [2.05, 4.69) is 18.7 Å². The molecule has 1 fully saturated rings. The van der Waals surface area contributed by atoms with Crippen molar-refractivity contribution in [1.29, 1.82) is 0 Å². The van der Waals surface area contributed by atoms with Crippen molar-refractivity contribution < 1.29 is 13.2 Å². The molecule has 0 amide bonds. The summed E-state index contributed by atoms with van der Waals surface area (Å²) in [5.74, 6) is 0. The van der Waals surface area contributed by atoms with Crippen LogP contribution >= 0.6 is 11.7 Å². The molecule has 25 heavy (non-hydrogen) atoms. The van der Waals surface area contributed by atoms with Crippen LogP contribution in [0.15, 0.2) is 41.6 Å². The summed E-state index contributed by atoms with van der Waals surface area (Å²) in [5, 5.41) is 0. The Morgan fingerprint density at radius 1 is 1.16 bits per heavy atom. The zero-order chi connectivity index (χ0) is 17.3. The second kappa shape index (κ2) is 6.62. The Balaban J connectivity index is 1.59. The first-order valence-electron chi connectivity index (χ1n) is 7.80. The largest absolute Gasteiger partial charge is 0.459 e. The van der Waals surface area contributed by atoms with E-state index in [-0.39, 0.29) is 23.6 Å². The molecule has 0 spiro atoms. The fraction of sp³-hybridized carbons (Fsp3) is 0.333. The van der Waals surface area contributed by atoms with E-state index < -0.39 is 10.0 Å². The number of fused-ring (bicyclic) bond motifs is 1. The number of ether oxygens (including phenoxy) is 1. The first-order valence-corrected chi connectivity index (χ1v) is 9.97. The maximum Gasteiger partial charge on any atom is 0.316 e. The maximum atomic E-state index is 13.1. The molecule has 0 N–H and O–H groups in total. The third kappa shape index (κ3) is 3.20. The van der Waals surface area contributed by atoms with Gasteiger partial charge in [-0.3, -0.25) is 0 Å². The molecule has 0 aliphatic carbocycles. The molecule has 1 atom stereocenters. The van der Waals surface area contributed by atoms with E-state index in [0.29, 0.717) is 24.0 Å². The third-order valence-corrected chi connectivity index (χ3v) is 6.46. The number of rotatable bonds is 4. The van der Waals surface area contributed by atoms with Gasteiger partial charge in [0.1, 0.15) is 22.0 Å². The van der Waals surface area contributed by atoms with Crippen LogP contribution in [0.1, 0.15) is 12.8 Å². The Kier molecular flexibility index (Phi) is 4.32. The van der Waals surface area contributed by atoms with E-state index in [4.69, 9.17) is 4.74 Å². The van der Waals surface area contributed by atoms with Crippen molar-refractivity contribution in [3.63, 3.8) is 0 Å². The van der Waals surface area contributed by atoms with Crippen LogP contribution in [-0.2, 0) is 10.0 Å². The molecule has 1 aromatic carbocycles. The Morgan fingerprint density at radius 3 is 2.84 bits per heavy atom. The Bertz CT molecular complexity index is 977. The Labute approximate surface area is 148 Å². The number of piperidine rings is 1. The lowest BCUT2D eigenvalue weighted by Gasteiger charge is -2.31. The fourth-order valence-corrected chi connectivity index (χ4v) is 5.11. The minimum Gasteiger partial charge on any atom is -0.459 e. The zero-order valence-electron chi connectivity index (χ0n) is 13.1. The highest BCUT2D eigenvalue weighted by atomic mass is 32.2. The smallest absolute Gasteiger partial charge is 0.316 e. The van der Waals surface area contributed by atoms with Gasteiger partial charge in [0.05, 0.1) is 18.3 Å². The number of hydrogen-bond acceptors (Lipinski definition) is 8. The lowest BCUT2D eigenvalue weighted by atomic mass is 10.1. The average molecular weight is 377 g/mol. The molecule has 130 valence electrons. The van der Waals surface area contributed by atoms with Crippen LogP contribution in [-0.4, -0.2) is 50.6 Å². The molecule has 4 rings (SSSR count). The predicted octanol–water partition coefficient (Wildman–Crippen LogP) is 1.71. The van der Waals surface area contributed by atoms with Crippen molar-refractivity contribution in [2.45, 2.75) is 23.8 Å². The molecule has 1 aliphatic heterocycles. The molecular formula is C15H15N5O3S2. The summed E-state index contributed by atoms with van der Waals surface area (Å²) in [6.45, 7) is 0.709. The topological polar surface area (TPSA) is 98.2 Å². The van der Waals surface area contributed by atoms with Crippen molar-refractivity contribution in [2.24, 2.45) is 0 Å². The van der Waals surface area contributed by atoms with Crippen molar-refractivity contribution in [3.8, 4) is 6.01 Å². The third-order valence-electron chi connectivity index (χ3n) is 4.02. The first-order chi connectivity index (χ1) is 12.1. The SMILES string of the molecule is O=S(=O)(c1cccc2nsnc12)N1CCCC(Oc2ncccn2)C1. The van der Waals surface area contributed by atoms with Crippen molar-refractivity contribution in [1.82, 2.24) is 23.0 Å². The molecule has 1 aliphatic rings. The van der Waals surface area contributed by atoms with Crippen LogP contribution in [0.4, 0.5) is 0 Å². The number of hydrogen-bond donors (Lipinski definition) is 0. The van der Waals surface area contributed by atoms with Gasteiger partial charge in [-0.15, -0.1) is 0 Å². The monoisotopic (exact) mass is 377 g/mol. The molecule has 8 nitrogen and oxygen atoms in total. The highest BCUT2D eigenvalue weighted by Gasteiger charge is 2.33. The van der Waals surface area contributed by atoms with Crippen LogP contribution < -0.4 is 4.74 Å². The summed E-state index contributed by atoms with van der Waals surface area (Å²) in [4.78, 5) is 8.26. The molecule has 1 unspecified atom stereocenters. The predicted molar refractivity (Wildman–Crippen MR) is 91.9 cm³/mol. The summed E-state index contributed by atoms with van der Waals surface area (Å²) in [5.41, 5.74) is 1.01. The van der Waals surface area contributed by atoms with Crippen molar-refractivity contribution >= 4 is 32.8 Å². The van der Waals surface area contributed by atoms with Gasteiger partial charge >= 0.3 is 6.01 Å². The second-order valence-corrected chi connectivity index (χ2v) is 8.10. The molecule has 1 saturated heterocycles. The van der Waals surface area contributed by atoms with E-state index in [0.717, 1.165) is 18.1 Å². The summed E-state index contributed by atoms with van der Waals surface area (Å²) < 4.78 is 41.6. The number of nitrogens with zero attached hydrogens (tertiary/aromatic N) is 5. The van der Waals surface area contributed by atoms with Crippen LogP contribution in [0.3, 0.4) is 0 Å². The summed E-state index contributed by atoms with van der Waals surface area (Å²) in [6.07, 6.45) is 4.37. The fourth-order valence-electron chi connectivity index (χ4n) is 2.84. The van der Waals surface area contributed by atoms with Gasteiger partial charge in [0, 0.05) is 18.9 Å². The summed E-state index contributed by atoms with van der Waals surface area (Å²) in [7, 11) is -3.67. The van der Waals surface area contributed by atoms with E-state index in [9.17, 15) is 8.42 Å². The molecule has 3 heterocycles. The number of aromatic nitrogens is 4. The van der Waals surface area contributed by atoms with Gasteiger partial charge in [0.15, 0.2) is 0 Å². The molecule has 0 radical (unpaired) electrons. The van der Waals surface area contributed by atoms with Crippen LogP contribution in [0, 0.1) is 0 Å². The lowest BCUT2D eigenvalue weighted by molar-refractivity contribution is 0.119. The van der Waals surface area contributed by atoms with Gasteiger partial charge in [-0.25, -0.2) is 18.4 Å². The van der Waals surface area contributed by atoms with E-state index in [1.807, 2.05) is 0 Å². The Morgan fingerprint density at radius 2 is 2.00 bits per heavy atom. The molecule has 0 saturated carbocycles. The van der Waals surface area contributed by atoms with Gasteiger partial charge < -0.3 is 4.74 Å². The van der Waals surface area contributed by atoms with Gasteiger partial charge in [-0.1, -0.05) is 6.07 Å². The standard InChI is InChI=1S/C15H15N5O3S2/c21-25(22,13-6-1-5-12-14(13)19-24-18-12)20-9-2-4-11(10-20)23-15-16-7-3-8-17-15/h1,3,5-8,11H,2,4,9-10H2. The maximum absolute atomic E-state index is 13.1. The highest BCUT2D eigenvalue weighted by Crippen LogP contribution is 2.27. The van der Waals surface area contributed by atoms with Crippen LogP contribution in [0.5, 0.6) is 6.01 Å². The molecule has 2 aromatic heterocycles. The van der Waals surface area contributed by atoms with Crippen LogP contribution in [0.25, 0.3) is 11.0 Å². The second-order valence-electron chi connectivity index (χ2n) is 5.66.